The van der Waals surface area contributed by atoms with Crippen LogP contribution in [0.15, 0.2) is 382 Å². The van der Waals surface area contributed by atoms with Crippen LogP contribution in [-0.2, 0) is 0 Å². The summed E-state index contributed by atoms with van der Waals surface area (Å²) in [6.07, 6.45) is 0. The zero-order valence-electron chi connectivity index (χ0n) is 80.4. The van der Waals surface area contributed by atoms with Gasteiger partial charge in [0.1, 0.15) is 34.5 Å². The molecule has 19 aromatic rings. The van der Waals surface area contributed by atoms with E-state index < -0.39 is 0 Å². The first-order valence-electron chi connectivity index (χ1n) is 45.8. The molecule has 0 unspecified atom stereocenters. The van der Waals surface area contributed by atoms with E-state index in [1.807, 2.05) is 224 Å². The molecule has 6 N–H and O–H groups in total. The van der Waals surface area contributed by atoms with Gasteiger partial charge < -0.3 is 60.3 Å². The molecule has 19 rings (SSSR count). The molecule has 0 aliphatic heterocycles. The molecule has 0 aliphatic carbocycles. The molecule has 6 heterocycles. The SMILES string of the molecule is CCOc1cccc(C(=O)Nc2nonc2-c2ccc(Br)cc2)c1.CCOc1cccc(C(=O)Nc2nonc2-c2ccc(Br)cc2)c1.CCOc1cccc(C(=O)Nc2nonc2-c2ccc(Br)cc2)c1.CCOc1cccc(C(=O)Nc2nonc2-c2ccc(Br)cc2)c1.CCOc1cccc(C(=O)Nc2nonc2-c2ccc(Br)cc2)c1.CCOc1cccc(C(=O)Nc2nonc2-c2ccc(Br)cc2)c1.c1ccccc1. The fraction of sp³-hybridized carbons (Fsp3) is 0.111. The highest BCUT2D eigenvalue weighted by molar-refractivity contribution is 9.11. The molecule has 0 bridgehead atoms. The van der Waals surface area contributed by atoms with Gasteiger partial charge in [-0.2, -0.15) is 0 Å². The minimum Gasteiger partial charge on any atom is -0.494 e. The molecule has 42 heteroatoms. The molecule has 0 fully saturated rings. The van der Waals surface area contributed by atoms with Gasteiger partial charge in [-0.3, -0.25) is 28.8 Å². The molecule has 150 heavy (non-hydrogen) atoms. The smallest absolute Gasteiger partial charge is 0.257 e. The third-order valence-corrected chi connectivity index (χ3v) is 23.3. The highest BCUT2D eigenvalue weighted by Gasteiger charge is 2.25. The Morgan fingerprint density at radius 1 is 0.193 bits per heavy atom. The molecule has 36 nitrogen and oxygen atoms in total. The molecule has 0 saturated carbocycles. The van der Waals surface area contributed by atoms with Gasteiger partial charge in [-0.1, -0.05) is 241 Å². The largest absolute Gasteiger partial charge is 0.494 e. The number of nitrogens with zero attached hydrogens (tertiary/aromatic N) is 12. The number of nitrogens with one attached hydrogen (secondary N) is 6. The number of rotatable bonds is 30. The minimum atomic E-state index is -0.314. The molecule has 0 atom stereocenters. The number of hydrogen-bond acceptors (Lipinski definition) is 30. The standard InChI is InChI=1S/6C17H14BrN3O3.C6H6/c6*1-2-23-14-5-3-4-12(10-14)17(22)19-16-15(20-24-21-16)11-6-8-13(18)9-7-11;1-2-4-6-5-3-1/h6*3-10H,2H2,1H3,(H,19,21,22);1-6H. The van der Waals surface area contributed by atoms with Crippen molar-refractivity contribution < 1.29 is 85.0 Å². The second kappa shape index (κ2) is 57.3. The van der Waals surface area contributed by atoms with Crippen LogP contribution in [0.4, 0.5) is 34.9 Å². The lowest BCUT2D eigenvalue weighted by Crippen LogP contribution is -2.13. The maximum absolute atomic E-state index is 12.4. The molecule has 0 radical (unpaired) electrons. The number of aromatic nitrogens is 12. The maximum Gasteiger partial charge on any atom is 0.257 e. The average molecular weight is 2410 g/mol. The summed E-state index contributed by atoms with van der Waals surface area (Å²) in [7, 11) is 0. The topological polar surface area (TPSA) is 463 Å². The van der Waals surface area contributed by atoms with Gasteiger partial charge in [0, 0.05) is 93.6 Å². The van der Waals surface area contributed by atoms with Crippen LogP contribution < -0.4 is 60.3 Å². The number of anilines is 6. The number of amides is 6. The van der Waals surface area contributed by atoms with Crippen molar-refractivity contribution >= 4 is 166 Å². The first-order valence-corrected chi connectivity index (χ1v) is 50.5. The van der Waals surface area contributed by atoms with Gasteiger partial charge >= 0.3 is 0 Å². The number of ether oxygens (including phenoxy) is 6. The van der Waals surface area contributed by atoms with Gasteiger partial charge in [-0.05, 0) is 285 Å². The van der Waals surface area contributed by atoms with Gasteiger partial charge in [-0.25, -0.2) is 27.8 Å². The summed E-state index contributed by atoms with van der Waals surface area (Å²) in [6, 6.07) is 98.4. The van der Waals surface area contributed by atoms with E-state index in [9.17, 15) is 28.8 Å². The van der Waals surface area contributed by atoms with Crippen LogP contribution in [0.25, 0.3) is 67.5 Å². The predicted molar refractivity (Wildman–Crippen MR) is 584 cm³/mol. The van der Waals surface area contributed by atoms with Crippen molar-refractivity contribution in [3.63, 3.8) is 0 Å². The zero-order valence-corrected chi connectivity index (χ0v) is 89.9. The molecule has 762 valence electrons. The lowest BCUT2D eigenvalue weighted by atomic mass is 10.1. The van der Waals surface area contributed by atoms with E-state index in [0.29, 0.717) is 142 Å². The molecule has 6 aromatic heterocycles. The zero-order chi connectivity index (χ0) is 106. The molecule has 0 spiro atoms. The Kier molecular flexibility index (Phi) is 42.2. The highest BCUT2D eigenvalue weighted by atomic mass is 79.9. The monoisotopic (exact) mass is 2400 g/mol. The quantitative estimate of drug-likeness (QED) is 0.0243. The first kappa shape index (κ1) is 110. The first-order chi connectivity index (χ1) is 73.0. The summed E-state index contributed by atoms with van der Waals surface area (Å²) in [6.45, 7) is 14.5. The second-order valence-electron chi connectivity index (χ2n) is 30.5. The van der Waals surface area contributed by atoms with Gasteiger partial charge in [0.25, 0.3) is 35.4 Å². The predicted octanol–water partition coefficient (Wildman–Crippen LogP) is 26.6. The van der Waals surface area contributed by atoms with Crippen molar-refractivity contribution in [1.29, 1.82) is 0 Å². The highest BCUT2D eigenvalue weighted by Crippen LogP contribution is 2.35. The molecular weight excluding hydrogens is 2320 g/mol. The summed E-state index contributed by atoms with van der Waals surface area (Å²) in [4.78, 5) is 74.5. The molecule has 0 aliphatic rings. The lowest BCUT2D eigenvalue weighted by Gasteiger charge is -2.06. The van der Waals surface area contributed by atoms with E-state index in [0.717, 1.165) is 60.2 Å². The molecule has 6 amide bonds. The summed E-state index contributed by atoms with van der Waals surface area (Å²) in [5.41, 5.74) is 10.3. The third kappa shape index (κ3) is 33.1. The van der Waals surface area contributed by atoms with Crippen molar-refractivity contribution in [2.75, 3.05) is 71.5 Å². The normalized spacial score (nSPS) is 10.3. The summed E-state index contributed by atoms with van der Waals surface area (Å²) >= 11 is 20.3. The number of halogens is 6. The Balaban J connectivity index is 0.000000148. The van der Waals surface area contributed by atoms with E-state index in [-0.39, 0.29) is 70.4 Å². The van der Waals surface area contributed by atoms with E-state index >= 15 is 0 Å². The third-order valence-electron chi connectivity index (χ3n) is 20.1. The Labute approximate surface area is 908 Å². The maximum atomic E-state index is 12.4. The average Bonchev–Trinajstić information content (AvgIpc) is 1.69. The van der Waals surface area contributed by atoms with Crippen molar-refractivity contribution in [1.82, 2.24) is 61.9 Å². The van der Waals surface area contributed by atoms with Crippen molar-refractivity contribution in [3.05, 3.63) is 388 Å². The van der Waals surface area contributed by atoms with Crippen LogP contribution in [0, 0.1) is 0 Å². The summed E-state index contributed by atoms with van der Waals surface area (Å²) < 4.78 is 66.8. The summed E-state index contributed by atoms with van der Waals surface area (Å²) in [5.74, 6) is 3.54. The van der Waals surface area contributed by atoms with E-state index in [1.54, 1.807) is 146 Å². The van der Waals surface area contributed by atoms with Crippen LogP contribution in [0.3, 0.4) is 0 Å². The fourth-order valence-corrected chi connectivity index (χ4v) is 14.8. The van der Waals surface area contributed by atoms with Crippen LogP contribution in [0.5, 0.6) is 34.5 Å². The van der Waals surface area contributed by atoms with Crippen LogP contribution in [0.2, 0.25) is 0 Å². The van der Waals surface area contributed by atoms with Crippen molar-refractivity contribution in [2.45, 2.75) is 41.5 Å². The van der Waals surface area contributed by atoms with E-state index in [2.05, 4.69) is 189 Å². The molecular formula is C108H90Br6N18O18. The number of carbonyl (C=O) groups is 6. The Morgan fingerprint density at radius 3 is 0.453 bits per heavy atom. The van der Waals surface area contributed by atoms with Gasteiger partial charge in [0.2, 0.25) is 34.9 Å². The number of benzene rings is 13. The molecule has 13 aromatic carbocycles. The van der Waals surface area contributed by atoms with E-state index in [4.69, 9.17) is 56.2 Å². The fourth-order valence-electron chi connectivity index (χ4n) is 13.2. The number of carbonyl (C=O) groups excluding carboxylic acids is 6. The van der Waals surface area contributed by atoms with Gasteiger partial charge in [-0.15, -0.1) is 0 Å². The van der Waals surface area contributed by atoms with Crippen LogP contribution >= 0.6 is 95.6 Å². The van der Waals surface area contributed by atoms with Gasteiger partial charge in [0.05, 0.1) is 39.6 Å². The Bertz CT molecular complexity index is 6460. The minimum absolute atomic E-state index is 0.268. The van der Waals surface area contributed by atoms with Crippen LogP contribution in [0.1, 0.15) is 104 Å². The van der Waals surface area contributed by atoms with Crippen molar-refractivity contribution in [2.24, 2.45) is 0 Å². The second-order valence-corrected chi connectivity index (χ2v) is 35.9. The van der Waals surface area contributed by atoms with Gasteiger partial charge in [0.15, 0.2) is 34.2 Å². The van der Waals surface area contributed by atoms with Crippen molar-refractivity contribution in [3.8, 4) is 102 Å². The number of hydrogen-bond donors (Lipinski definition) is 6. The lowest BCUT2D eigenvalue weighted by molar-refractivity contribution is 0.101. The Morgan fingerprint density at radius 2 is 0.327 bits per heavy atom. The summed E-state index contributed by atoms with van der Waals surface area (Å²) in [5, 5.41) is 62.2. The van der Waals surface area contributed by atoms with E-state index in [1.165, 1.54) is 0 Å². The molecule has 0 saturated heterocycles. The van der Waals surface area contributed by atoms with Crippen LogP contribution in [-0.4, -0.2) is 137 Å². The Hall–Kier alpha value is -16.8.